The normalized spacial score (nSPS) is 15.2. The zero-order valence-corrected chi connectivity index (χ0v) is 14.8. The minimum Gasteiger partial charge on any atom is -0.497 e. The van der Waals surface area contributed by atoms with E-state index in [9.17, 15) is 4.79 Å². The van der Waals surface area contributed by atoms with Gasteiger partial charge in [-0.05, 0) is 23.8 Å². The number of epoxide rings is 1. The van der Waals surface area contributed by atoms with Crippen molar-refractivity contribution in [1.29, 1.82) is 0 Å². The van der Waals surface area contributed by atoms with Crippen LogP contribution in [0.15, 0.2) is 36.4 Å². The first-order valence-electron chi connectivity index (χ1n) is 7.89. The summed E-state index contributed by atoms with van der Waals surface area (Å²) in [7, 11) is 1.60. The minimum atomic E-state index is -1.21. The Kier molecular flexibility index (Phi) is 5.70. The van der Waals surface area contributed by atoms with Gasteiger partial charge in [0.25, 0.3) is 0 Å². The number of carbonyl (C=O) groups is 1. The highest BCUT2D eigenvalue weighted by Gasteiger charge is 2.24. The summed E-state index contributed by atoms with van der Waals surface area (Å²) in [6.07, 6.45) is -1.17. The van der Waals surface area contributed by atoms with E-state index in [4.69, 9.17) is 35.7 Å². The summed E-state index contributed by atoms with van der Waals surface area (Å²) >= 11 is 6.22. The molecular weight excluding hydrogens is 362 g/mol. The fourth-order valence-electron chi connectivity index (χ4n) is 2.21. The van der Waals surface area contributed by atoms with Crippen LogP contribution in [0.25, 0.3) is 0 Å². The van der Waals surface area contributed by atoms with Gasteiger partial charge < -0.3 is 24.1 Å². The summed E-state index contributed by atoms with van der Waals surface area (Å²) in [5.74, 6) is 1.48. The number of nitrogens with one attached hydrogen (secondary N) is 1. The second kappa shape index (κ2) is 8.16. The molecule has 1 amide bonds. The number of ether oxygens (including phenoxy) is 4. The van der Waals surface area contributed by atoms with E-state index < -0.39 is 6.09 Å². The van der Waals surface area contributed by atoms with Crippen molar-refractivity contribution < 1.29 is 28.8 Å². The lowest BCUT2D eigenvalue weighted by atomic mass is 10.2. The molecule has 1 atom stereocenters. The Balaban J connectivity index is 1.73. The summed E-state index contributed by atoms with van der Waals surface area (Å²) in [6, 6.07) is 10.5. The first kappa shape index (κ1) is 18.2. The maximum atomic E-state index is 11.0. The number of rotatable bonds is 8. The van der Waals surface area contributed by atoms with Gasteiger partial charge in [-0.15, -0.1) is 0 Å². The van der Waals surface area contributed by atoms with Gasteiger partial charge in [-0.3, -0.25) is 5.32 Å². The summed E-state index contributed by atoms with van der Waals surface area (Å²) in [5.41, 5.74) is 1.18. The molecule has 2 aromatic carbocycles. The van der Waals surface area contributed by atoms with Crippen molar-refractivity contribution in [3.63, 3.8) is 0 Å². The minimum absolute atomic E-state index is 0.0343. The van der Waals surface area contributed by atoms with Gasteiger partial charge in [0.1, 0.15) is 36.6 Å². The first-order valence-corrected chi connectivity index (χ1v) is 8.26. The van der Waals surface area contributed by atoms with Crippen LogP contribution >= 0.6 is 11.6 Å². The van der Waals surface area contributed by atoms with Crippen LogP contribution in [-0.2, 0) is 11.3 Å². The van der Waals surface area contributed by atoms with Crippen LogP contribution in [0.2, 0.25) is 5.02 Å². The van der Waals surface area contributed by atoms with Crippen molar-refractivity contribution in [3.8, 4) is 17.2 Å². The van der Waals surface area contributed by atoms with Crippen molar-refractivity contribution in [2.24, 2.45) is 0 Å². The largest absolute Gasteiger partial charge is 0.497 e. The van der Waals surface area contributed by atoms with Gasteiger partial charge in [0.15, 0.2) is 0 Å². The molecule has 0 aromatic heterocycles. The molecule has 138 valence electrons. The molecule has 26 heavy (non-hydrogen) atoms. The Labute approximate surface area is 155 Å². The Hall–Kier alpha value is -2.64. The highest BCUT2D eigenvalue weighted by atomic mass is 35.5. The molecule has 2 aromatic rings. The lowest BCUT2D eigenvalue weighted by Gasteiger charge is -2.15. The predicted octanol–water partition coefficient (Wildman–Crippen LogP) is 3.80. The van der Waals surface area contributed by atoms with Gasteiger partial charge in [0.05, 0.1) is 24.4 Å². The summed E-state index contributed by atoms with van der Waals surface area (Å²) < 4.78 is 21.6. The molecule has 0 spiro atoms. The average molecular weight is 380 g/mol. The lowest BCUT2D eigenvalue weighted by Crippen LogP contribution is -2.11. The molecule has 0 saturated carbocycles. The number of anilines is 1. The predicted molar refractivity (Wildman–Crippen MR) is 95.7 cm³/mol. The van der Waals surface area contributed by atoms with E-state index in [1.54, 1.807) is 13.2 Å². The van der Waals surface area contributed by atoms with E-state index in [-0.39, 0.29) is 16.8 Å². The van der Waals surface area contributed by atoms with E-state index in [1.165, 1.54) is 6.07 Å². The summed E-state index contributed by atoms with van der Waals surface area (Å²) in [4.78, 5) is 11.0. The quantitative estimate of drug-likeness (QED) is 0.678. The highest BCUT2D eigenvalue weighted by molar-refractivity contribution is 6.32. The number of hydrogen-bond donors (Lipinski definition) is 2. The van der Waals surface area contributed by atoms with Gasteiger partial charge in [0.2, 0.25) is 0 Å². The van der Waals surface area contributed by atoms with Crippen LogP contribution in [0.4, 0.5) is 10.5 Å². The number of benzene rings is 2. The number of methoxy groups -OCH3 is 1. The SMILES string of the molecule is COc1ccc(COc2cc(OC[C@@H]3CO3)c(NC(=O)O)cc2Cl)cc1. The van der Waals surface area contributed by atoms with E-state index in [0.717, 1.165) is 11.3 Å². The van der Waals surface area contributed by atoms with E-state index in [1.807, 2.05) is 24.3 Å². The Morgan fingerprint density at radius 3 is 2.62 bits per heavy atom. The molecule has 1 saturated heterocycles. The maximum absolute atomic E-state index is 11.0. The second-order valence-corrected chi connectivity index (χ2v) is 6.02. The van der Waals surface area contributed by atoms with Crippen molar-refractivity contribution in [2.75, 3.05) is 25.6 Å². The van der Waals surface area contributed by atoms with Crippen molar-refractivity contribution in [1.82, 2.24) is 0 Å². The standard InChI is InChI=1S/C18H18ClNO6/c1-23-12-4-2-11(3-5-12)8-25-16-7-17(26-10-13-9-24-13)15(6-14(16)19)20-18(21)22/h2-7,13,20H,8-10H2,1H3,(H,21,22)/t13-/m0/s1. The smallest absolute Gasteiger partial charge is 0.409 e. The molecular formula is C18H18ClNO6. The number of amides is 1. The second-order valence-electron chi connectivity index (χ2n) is 5.61. The van der Waals surface area contributed by atoms with Crippen LogP contribution in [0.3, 0.4) is 0 Å². The molecule has 0 radical (unpaired) electrons. The molecule has 0 unspecified atom stereocenters. The monoisotopic (exact) mass is 379 g/mol. The summed E-state index contributed by atoms with van der Waals surface area (Å²) in [5, 5.41) is 11.5. The summed E-state index contributed by atoms with van der Waals surface area (Å²) in [6.45, 7) is 1.25. The molecule has 8 heteroatoms. The third-order valence-electron chi connectivity index (χ3n) is 3.66. The van der Waals surface area contributed by atoms with Crippen molar-refractivity contribution in [2.45, 2.75) is 12.7 Å². The average Bonchev–Trinajstić information content (AvgIpc) is 3.44. The molecule has 1 fully saturated rings. The third kappa shape index (κ3) is 4.93. The van der Waals surface area contributed by atoms with Crippen molar-refractivity contribution in [3.05, 3.63) is 47.0 Å². The van der Waals surface area contributed by atoms with E-state index >= 15 is 0 Å². The first-order chi connectivity index (χ1) is 12.5. The fraction of sp³-hybridized carbons (Fsp3) is 0.278. The van der Waals surface area contributed by atoms with Crippen LogP contribution in [-0.4, -0.2) is 37.6 Å². The highest BCUT2D eigenvalue weighted by Crippen LogP contribution is 2.37. The molecule has 1 heterocycles. The Morgan fingerprint density at radius 1 is 1.27 bits per heavy atom. The van der Waals surface area contributed by atoms with Crippen molar-refractivity contribution >= 4 is 23.4 Å². The zero-order chi connectivity index (χ0) is 18.5. The van der Waals surface area contributed by atoms with E-state index in [2.05, 4.69) is 5.32 Å². The van der Waals surface area contributed by atoms with Crippen LogP contribution in [0.5, 0.6) is 17.2 Å². The van der Waals surface area contributed by atoms with Crippen LogP contribution < -0.4 is 19.5 Å². The van der Waals surface area contributed by atoms with Gasteiger partial charge in [0, 0.05) is 6.07 Å². The molecule has 3 rings (SSSR count). The van der Waals surface area contributed by atoms with Crippen LogP contribution in [0, 0.1) is 0 Å². The lowest BCUT2D eigenvalue weighted by molar-refractivity contribution is 0.209. The van der Waals surface area contributed by atoms with Crippen LogP contribution in [0.1, 0.15) is 5.56 Å². The molecule has 0 bridgehead atoms. The zero-order valence-electron chi connectivity index (χ0n) is 14.0. The Morgan fingerprint density at radius 2 is 2.00 bits per heavy atom. The molecule has 1 aliphatic rings. The Bertz CT molecular complexity index is 776. The third-order valence-corrected chi connectivity index (χ3v) is 3.95. The van der Waals surface area contributed by atoms with E-state index in [0.29, 0.717) is 31.3 Å². The molecule has 0 aliphatic carbocycles. The fourth-order valence-corrected chi connectivity index (χ4v) is 2.43. The van der Waals surface area contributed by atoms with Gasteiger partial charge in [-0.2, -0.15) is 0 Å². The van der Waals surface area contributed by atoms with Gasteiger partial charge >= 0.3 is 6.09 Å². The number of halogens is 1. The molecule has 1 aliphatic heterocycles. The number of carboxylic acid groups (broad SMARTS) is 1. The molecule has 7 nitrogen and oxygen atoms in total. The topological polar surface area (TPSA) is 89.5 Å². The van der Waals surface area contributed by atoms with Gasteiger partial charge in [-0.25, -0.2) is 4.79 Å². The maximum Gasteiger partial charge on any atom is 0.409 e. The number of hydrogen-bond acceptors (Lipinski definition) is 5. The van der Waals surface area contributed by atoms with Gasteiger partial charge in [-0.1, -0.05) is 23.7 Å². The molecule has 2 N–H and O–H groups in total.